The molecular formula is C25H23FN2O2S. The second kappa shape index (κ2) is 9.27. The molecule has 1 N–H and O–H groups in total. The number of carbonyl (C=O) groups excluding carboxylic acids is 2. The van der Waals surface area contributed by atoms with Crippen molar-refractivity contribution in [2.75, 3.05) is 18.4 Å². The summed E-state index contributed by atoms with van der Waals surface area (Å²) < 4.78 is 13.1. The van der Waals surface area contributed by atoms with Crippen molar-refractivity contribution in [3.8, 4) is 10.4 Å². The van der Waals surface area contributed by atoms with Crippen LogP contribution in [0.15, 0.2) is 60.7 Å². The molecule has 1 aliphatic heterocycles. The number of carbonyl (C=O) groups is 2. The number of likely N-dealkylation sites (tertiary alicyclic amines) is 1. The maximum atomic E-state index is 13.1. The lowest BCUT2D eigenvalue weighted by Crippen LogP contribution is -2.28. The first-order valence-corrected chi connectivity index (χ1v) is 11.1. The van der Waals surface area contributed by atoms with Crippen LogP contribution in [-0.2, 0) is 4.79 Å². The summed E-state index contributed by atoms with van der Waals surface area (Å²) >= 11 is 1.52. The van der Waals surface area contributed by atoms with E-state index in [2.05, 4.69) is 5.32 Å². The van der Waals surface area contributed by atoms with E-state index in [1.54, 1.807) is 30.3 Å². The van der Waals surface area contributed by atoms with Crippen LogP contribution in [0.4, 0.5) is 10.1 Å². The van der Waals surface area contributed by atoms with Gasteiger partial charge in [-0.1, -0.05) is 18.2 Å². The van der Waals surface area contributed by atoms with E-state index in [4.69, 9.17) is 0 Å². The molecule has 0 unspecified atom stereocenters. The van der Waals surface area contributed by atoms with Crippen LogP contribution in [0.25, 0.3) is 16.5 Å². The van der Waals surface area contributed by atoms with Gasteiger partial charge in [-0.25, -0.2) is 4.39 Å². The van der Waals surface area contributed by atoms with E-state index in [-0.39, 0.29) is 17.6 Å². The first-order valence-electron chi connectivity index (χ1n) is 10.2. The molecular weight excluding hydrogens is 411 g/mol. The van der Waals surface area contributed by atoms with Crippen LogP contribution in [0, 0.1) is 12.7 Å². The van der Waals surface area contributed by atoms with Gasteiger partial charge in [0.25, 0.3) is 5.91 Å². The van der Waals surface area contributed by atoms with Crippen LogP contribution < -0.4 is 5.32 Å². The van der Waals surface area contributed by atoms with E-state index < -0.39 is 0 Å². The van der Waals surface area contributed by atoms with Crippen LogP contribution in [0.3, 0.4) is 0 Å². The second-order valence-electron chi connectivity index (χ2n) is 7.51. The molecule has 2 heterocycles. The van der Waals surface area contributed by atoms with Crippen LogP contribution in [0.2, 0.25) is 0 Å². The highest BCUT2D eigenvalue weighted by Crippen LogP contribution is 2.29. The van der Waals surface area contributed by atoms with E-state index in [1.165, 1.54) is 29.5 Å². The third kappa shape index (κ3) is 4.91. The highest BCUT2D eigenvalue weighted by molar-refractivity contribution is 7.16. The topological polar surface area (TPSA) is 49.4 Å². The zero-order valence-electron chi connectivity index (χ0n) is 17.2. The molecule has 1 fully saturated rings. The molecule has 4 rings (SSSR count). The Kier molecular flexibility index (Phi) is 6.28. The number of anilines is 1. The zero-order valence-corrected chi connectivity index (χ0v) is 18.0. The molecule has 6 heteroatoms. The van der Waals surface area contributed by atoms with Gasteiger partial charge in [0.05, 0.1) is 0 Å². The molecule has 3 aromatic rings. The molecule has 0 radical (unpaired) electrons. The minimum Gasteiger partial charge on any atom is -0.339 e. The van der Waals surface area contributed by atoms with Crippen molar-refractivity contribution in [3.05, 3.63) is 82.5 Å². The van der Waals surface area contributed by atoms with E-state index in [0.717, 1.165) is 46.8 Å². The van der Waals surface area contributed by atoms with Crippen LogP contribution >= 0.6 is 11.3 Å². The van der Waals surface area contributed by atoms with Gasteiger partial charge in [-0.3, -0.25) is 9.59 Å². The summed E-state index contributed by atoms with van der Waals surface area (Å²) in [5.41, 5.74) is 2.98. The van der Waals surface area contributed by atoms with Crippen molar-refractivity contribution in [2.45, 2.75) is 19.8 Å². The highest BCUT2D eigenvalue weighted by Gasteiger charge is 2.21. The molecule has 0 bridgehead atoms. The first kappa shape index (κ1) is 21.0. The highest BCUT2D eigenvalue weighted by atomic mass is 32.1. The average molecular weight is 435 g/mol. The van der Waals surface area contributed by atoms with Gasteiger partial charge in [0.2, 0.25) is 5.91 Å². The van der Waals surface area contributed by atoms with E-state index >= 15 is 0 Å². The first-order chi connectivity index (χ1) is 15.0. The van der Waals surface area contributed by atoms with E-state index in [1.807, 2.05) is 30.0 Å². The van der Waals surface area contributed by atoms with Gasteiger partial charge in [0.1, 0.15) is 5.82 Å². The molecule has 0 spiro atoms. The third-order valence-electron chi connectivity index (χ3n) is 5.37. The van der Waals surface area contributed by atoms with Gasteiger partial charge >= 0.3 is 0 Å². The maximum absolute atomic E-state index is 13.1. The summed E-state index contributed by atoms with van der Waals surface area (Å²) in [4.78, 5) is 29.0. The van der Waals surface area contributed by atoms with Crippen LogP contribution in [0.1, 0.15) is 33.6 Å². The summed E-state index contributed by atoms with van der Waals surface area (Å²) in [7, 11) is 0. The fourth-order valence-electron chi connectivity index (χ4n) is 3.64. The normalized spacial score (nSPS) is 13.7. The molecule has 158 valence electrons. The van der Waals surface area contributed by atoms with Crippen molar-refractivity contribution in [1.29, 1.82) is 0 Å². The maximum Gasteiger partial charge on any atom is 0.254 e. The number of amides is 2. The van der Waals surface area contributed by atoms with Crippen LogP contribution in [-0.4, -0.2) is 29.8 Å². The Hall–Kier alpha value is -3.25. The fourth-order valence-corrected chi connectivity index (χ4v) is 4.55. The molecule has 0 aliphatic carbocycles. The largest absolute Gasteiger partial charge is 0.339 e. The van der Waals surface area contributed by atoms with Gasteiger partial charge in [0.15, 0.2) is 0 Å². The van der Waals surface area contributed by atoms with Crippen molar-refractivity contribution < 1.29 is 14.0 Å². The summed E-state index contributed by atoms with van der Waals surface area (Å²) in [6.07, 6.45) is 5.31. The van der Waals surface area contributed by atoms with Gasteiger partial charge in [-0.2, -0.15) is 0 Å². The number of halogens is 1. The number of nitrogens with zero attached hydrogens (tertiary/aromatic N) is 1. The quantitative estimate of drug-likeness (QED) is 0.520. The molecule has 1 aromatic heterocycles. The Morgan fingerprint density at radius 1 is 1.03 bits per heavy atom. The fraction of sp³-hybridized carbons (Fsp3) is 0.200. The average Bonchev–Trinajstić information content (AvgIpc) is 3.46. The predicted molar refractivity (Wildman–Crippen MR) is 124 cm³/mol. The lowest BCUT2D eigenvalue weighted by Gasteiger charge is -2.18. The van der Waals surface area contributed by atoms with Crippen molar-refractivity contribution in [3.63, 3.8) is 0 Å². The number of hydrogen-bond acceptors (Lipinski definition) is 3. The van der Waals surface area contributed by atoms with E-state index in [9.17, 15) is 14.0 Å². The Balaban J connectivity index is 1.43. The Morgan fingerprint density at radius 2 is 1.77 bits per heavy atom. The zero-order chi connectivity index (χ0) is 21.8. The smallest absolute Gasteiger partial charge is 0.254 e. The standard InChI is InChI=1S/C25H23FN2O2S/c1-17-21(25(30)28-15-2-3-16-28)5-4-6-22(17)27-24(29)14-12-20-11-13-23(31-20)18-7-9-19(26)10-8-18/h4-14H,2-3,15-16H2,1H3,(H,27,29)/b14-12+. The van der Waals surface area contributed by atoms with Crippen LogP contribution in [0.5, 0.6) is 0 Å². The minimum atomic E-state index is -0.265. The second-order valence-corrected chi connectivity index (χ2v) is 8.62. The number of nitrogens with one attached hydrogen (secondary N) is 1. The molecule has 1 saturated heterocycles. The molecule has 2 aromatic carbocycles. The van der Waals surface area contributed by atoms with Gasteiger partial charge in [0, 0.05) is 40.2 Å². The molecule has 31 heavy (non-hydrogen) atoms. The summed E-state index contributed by atoms with van der Waals surface area (Å²) in [6, 6.07) is 15.6. The summed E-state index contributed by atoms with van der Waals surface area (Å²) in [5, 5.41) is 2.88. The molecule has 0 atom stereocenters. The minimum absolute atomic E-state index is 0.0218. The third-order valence-corrected chi connectivity index (χ3v) is 6.47. The Labute approximate surface area is 185 Å². The summed E-state index contributed by atoms with van der Waals surface area (Å²) in [6.45, 7) is 3.44. The van der Waals surface area contributed by atoms with Gasteiger partial charge in [-0.05, 0) is 73.4 Å². The number of thiophene rings is 1. The SMILES string of the molecule is Cc1c(NC(=O)/C=C/c2ccc(-c3ccc(F)cc3)s2)cccc1C(=O)N1CCCC1. The summed E-state index contributed by atoms with van der Waals surface area (Å²) in [5.74, 6) is -0.502. The monoisotopic (exact) mass is 434 g/mol. The lowest BCUT2D eigenvalue weighted by molar-refractivity contribution is -0.111. The predicted octanol–water partition coefficient (Wildman–Crippen LogP) is 5.75. The van der Waals surface area contributed by atoms with Crippen molar-refractivity contribution in [1.82, 2.24) is 4.90 Å². The van der Waals surface area contributed by atoms with Gasteiger partial charge < -0.3 is 10.2 Å². The number of hydrogen-bond donors (Lipinski definition) is 1. The Morgan fingerprint density at radius 3 is 2.52 bits per heavy atom. The molecule has 1 aliphatic rings. The molecule has 4 nitrogen and oxygen atoms in total. The molecule has 2 amide bonds. The molecule has 0 saturated carbocycles. The lowest BCUT2D eigenvalue weighted by atomic mass is 10.1. The van der Waals surface area contributed by atoms with Crippen molar-refractivity contribution in [2.24, 2.45) is 0 Å². The van der Waals surface area contributed by atoms with Crippen molar-refractivity contribution >= 4 is 34.9 Å². The van der Waals surface area contributed by atoms with E-state index in [0.29, 0.717) is 11.3 Å². The van der Waals surface area contributed by atoms with Gasteiger partial charge in [-0.15, -0.1) is 11.3 Å². The number of rotatable bonds is 5. The Bertz CT molecular complexity index is 1130. The number of benzene rings is 2.